The number of rotatable bonds is 5. The van der Waals surface area contributed by atoms with Crippen LogP contribution in [0.5, 0.6) is 0 Å². The van der Waals surface area contributed by atoms with Crippen molar-refractivity contribution in [1.82, 2.24) is 15.6 Å². The summed E-state index contributed by atoms with van der Waals surface area (Å²) in [6.45, 7) is 5.50. The lowest BCUT2D eigenvalue weighted by atomic mass is 10.1. The number of hydrazone groups is 1. The minimum absolute atomic E-state index is 0.238. The molecule has 0 aromatic heterocycles. The molecular formula is C17H23FN4OS2. The van der Waals surface area contributed by atoms with E-state index in [1.807, 2.05) is 6.07 Å². The number of thioether (sulfide) groups is 1. The molecule has 0 saturated carbocycles. The lowest BCUT2D eigenvalue weighted by Gasteiger charge is -2.26. The molecule has 136 valence electrons. The van der Waals surface area contributed by atoms with Gasteiger partial charge >= 0.3 is 0 Å². The second kappa shape index (κ2) is 9.47. The number of thiocarbonyl (C=S) groups is 1. The van der Waals surface area contributed by atoms with Gasteiger partial charge in [0, 0.05) is 42.3 Å². The van der Waals surface area contributed by atoms with Crippen molar-refractivity contribution >= 4 is 34.8 Å². The zero-order chi connectivity index (χ0) is 17.5. The van der Waals surface area contributed by atoms with Crippen molar-refractivity contribution in [3.05, 3.63) is 29.6 Å². The minimum atomic E-state index is -0.238. The van der Waals surface area contributed by atoms with Crippen molar-refractivity contribution in [3.8, 4) is 0 Å². The van der Waals surface area contributed by atoms with Gasteiger partial charge in [0.2, 0.25) is 0 Å². The molecule has 8 heteroatoms. The highest BCUT2D eigenvalue weighted by atomic mass is 32.2. The largest absolute Gasteiger partial charge is 0.379 e. The van der Waals surface area contributed by atoms with Gasteiger partial charge in [0.05, 0.1) is 18.9 Å². The lowest BCUT2D eigenvalue weighted by Crippen LogP contribution is -2.39. The highest BCUT2D eigenvalue weighted by Crippen LogP contribution is 2.30. The van der Waals surface area contributed by atoms with Gasteiger partial charge in [-0.15, -0.1) is 11.8 Å². The van der Waals surface area contributed by atoms with Crippen molar-refractivity contribution in [3.63, 3.8) is 0 Å². The first-order valence-electron chi connectivity index (χ1n) is 8.55. The zero-order valence-corrected chi connectivity index (χ0v) is 15.7. The van der Waals surface area contributed by atoms with Crippen molar-refractivity contribution in [2.75, 3.05) is 45.1 Å². The molecule has 0 aliphatic carbocycles. The van der Waals surface area contributed by atoms with Crippen molar-refractivity contribution in [2.24, 2.45) is 5.10 Å². The fraction of sp³-hybridized carbons (Fsp3) is 0.529. The van der Waals surface area contributed by atoms with Crippen LogP contribution in [-0.2, 0) is 4.74 Å². The molecule has 0 unspecified atom stereocenters. The van der Waals surface area contributed by atoms with Gasteiger partial charge in [-0.25, -0.2) is 4.39 Å². The molecule has 0 amide bonds. The Morgan fingerprint density at radius 3 is 3.04 bits per heavy atom. The summed E-state index contributed by atoms with van der Waals surface area (Å²) >= 11 is 7.00. The molecule has 3 rings (SSSR count). The molecule has 2 N–H and O–H groups in total. The summed E-state index contributed by atoms with van der Waals surface area (Å²) in [4.78, 5) is 3.46. The molecule has 2 aliphatic rings. The summed E-state index contributed by atoms with van der Waals surface area (Å²) in [5, 5.41) is 8.07. The van der Waals surface area contributed by atoms with E-state index in [-0.39, 0.29) is 5.82 Å². The third-order valence-corrected chi connectivity index (χ3v) is 5.49. The molecule has 0 atom stereocenters. The number of benzene rings is 1. The van der Waals surface area contributed by atoms with Crippen LogP contribution in [0.25, 0.3) is 0 Å². The van der Waals surface area contributed by atoms with E-state index in [1.54, 1.807) is 17.8 Å². The topological polar surface area (TPSA) is 48.9 Å². The first kappa shape index (κ1) is 18.6. The predicted molar refractivity (Wildman–Crippen MR) is 104 cm³/mol. The van der Waals surface area contributed by atoms with Crippen LogP contribution in [0.15, 0.2) is 28.2 Å². The van der Waals surface area contributed by atoms with Gasteiger partial charge in [-0.2, -0.15) is 5.10 Å². The molecule has 1 aromatic carbocycles. The van der Waals surface area contributed by atoms with E-state index >= 15 is 0 Å². The minimum Gasteiger partial charge on any atom is -0.379 e. The van der Waals surface area contributed by atoms with E-state index in [9.17, 15) is 4.39 Å². The molecule has 0 bridgehead atoms. The number of nitrogens with zero attached hydrogens (tertiary/aromatic N) is 2. The van der Waals surface area contributed by atoms with E-state index in [0.29, 0.717) is 5.11 Å². The standard InChI is InChI=1S/C17H23FN4OS2/c18-13-2-3-16-14(12-13)15(4-11-25-16)20-21-17(24)19-5-1-6-22-7-9-23-10-8-22/h2-3,12H,1,4-11H2,(H2,19,21,24)/b20-15-. The Bertz CT molecular complexity index is 635. The van der Waals surface area contributed by atoms with E-state index in [0.717, 1.165) is 74.2 Å². The molecule has 0 radical (unpaired) electrons. The van der Waals surface area contributed by atoms with Gasteiger partial charge < -0.3 is 10.1 Å². The van der Waals surface area contributed by atoms with Crippen LogP contribution in [0.4, 0.5) is 4.39 Å². The van der Waals surface area contributed by atoms with Gasteiger partial charge in [-0.05, 0) is 43.4 Å². The number of ether oxygens (including phenoxy) is 1. The monoisotopic (exact) mass is 382 g/mol. The molecule has 2 aliphatic heterocycles. The maximum absolute atomic E-state index is 13.5. The quantitative estimate of drug-likeness (QED) is 0.463. The molecule has 1 saturated heterocycles. The first-order chi connectivity index (χ1) is 12.2. The fourth-order valence-electron chi connectivity index (χ4n) is 2.85. The average molecular weight is 383 g/mol. The lowest BCUT2D eigenvalue weighted by molar-refractivity contribution is 0.0376. The number of morpholine rings is 1. The number of nitrogens with one attached hydrogen (secondary N) is 2. The number of hydrogen-bond donors (Lipinski definition) is 2. The van der Waals surface area contributed by atoms with Crippen molar-refractivity contribution in [2.45, 2.75) is 17.7 Å². The van der Waals surface area contributed by atoms with E-state index in [2.05, 4.69) is 20.7 Å². The van der Waals surface area contributed by atoms with E-state index in [4.69, 9.17) is 17.0 Å². The third kappa shape index (κ3) is 5.64. The Kier molecular flexibility index (Phi) is 7.03. The van der Waals surface area contributed by atoms with Gasteiger partial charge in [0.1, 0.15) is 5.82 Å². The normalized spacial score (nSPS) is 19.5. The van der Waals surface area contributed by atoms with E-state index < -0.39 is 0 Å². The second-order valence-corrected chi connectivity index (χ2v) is 7.52. The molecule has 25 heavy (non-hydrogen) atoms. The Hall–Kier alpha value is -1.22. The number of halogens is 1. The van der Waals surface area contributed by atoms with Crippen molar-refractivity contribution in [1.29, 1.82) is 0 Å². The third-order valence-electron chi connectivity index (χ3n) is 4.18. The summed E-state index contributed by atoms with van der Waals surface area (Å²) in [5.41, 5.74) is 4.61. The van der Waals surface area contributed by atoms with Crippen LogP contribution in [0.2, 0.25) is 0 Å². The highest BCUT2D eigenvalue weighted by molar-refractivity contribution is 7.99. The molecule has 0 spiro atoms. The summed E-state index contributed by atoms with van der Waals surface area (Å²) in [5.74, 6) is 0.705. The first-order valence-corrected chi connectivity index (χ1v) is 9.95. The summed E-state index contributed by atoms with van der Waals surface area (Å²) < 4.78 is 18.8. The van der Waals surface area contributed by atoms with Gasteiger partial charge in [-0.1, -0.05) is 0 Å². The predicted octanol–water partition coefficient (Wildman–Crippen LogP) is 2.21. The Morgan fingerprint density at radius 2 is 2.20 bits per heavy atom. The summed E-state index contributed by atoms with van der Waals surface area (Å²) in [7, 11) is 0. The molecule has 1 aromatic rings. The zero-order valence-electron chi connectivity index (χ0n) is 14.1. The van der Waals surface area contributed by atoms with Gasteiger partial charge in [-0.3, -0.25) is 10.3 Å². The van der Waals surface area contributed by atoms with Crippen LogP contribution in [0.1, 0.15) is 18.4 Å². The SMILES string of the molecule is Fc1ccc2c(c1)/C(=N\NC(=S)NCCCN1CCOCC1)CCS2. The molecule has 1 fully saturated rings. The maximum Gasteiger partial charge on any atom is 0.186 e. The summed E-state index contributed by atoms with van der Waals surface area (Å²) in [6, 6.07) is 4.84. The van der Waals surface area contributed by atoms with Gasteiger partial charge in [0.15, 0.2) is 5.11 Å². The Balaban J connectivity index is 1.43. The second-order valence-electron chi connectivity index (χ2n) is 5.97. The Morgan fingerprint density at radius 1 is 1.36 bits per heavy atom. The maximum atomic E-state index is 13.5. The fourth-order valence-corrected chi connectivity index (χ4v) is 4.01. The average Bonchev–Trinajstić information content (AvgIpc) is 2.64. The van der Waals surface area contributed by atoms with Crippen LogP contribution >= 0.6 is 24.0 Å². The smallest absolute Gasteiger partial charge is 0.186 e. The number of fused-ring (bicyclic) bond motifs is 1. The highest BCUT2D eigenvalue weighted by Gasteiger charge is 2.17. The molecule has 2 heterocycles. The van der Waals surface area contributed by atoms with Crippen LogP contribution in [0, 0.1) is 5.82 Å². The van der Waals surface area contributed by atoms with Crippen LogP contribution in [0.3, 0.4) is 0 Å². The van der Waals surface area contributed by atoms with Crippen LogP contribution < -0.4 is 10.7 Å². The molecular weight excluding hydrogens is 359 g/mol. The Labute approximate surface area is 157 Å². The molecule has 5 nitrogen and oxygen atoms in total. The van der Waals surface area contributed by atoms with E-state index in [1.165, 1.54) is 6.07 Å². The number of hydrogen-bond acceptors (Lipinski definition) is 5. The summed E-state index contributed by atoms with van der Waals surface area (Å²) in [6.07, 6.45) is 1.82. The van der Waals surface area contributed by atoms with Crippen molar-refractivity contribution < 1.29 is 9.13 Å². The van der Waals surface area contributed by atoms with Crippen LogP contribution in [-0.4, -0.2) is 60.9 Å². The van der Waals surface area contributed by atoms with Gasteiger partial charge in [0.25, 0.3) is 0 Å².